The van der Waals surface area contributed by atoms with Gasteiger partial charge in [0.25, 0.3) is 0 Å². The number of carboxylic acid groups (broad SMARTS) is 1. The van der Waals surface area contributed by atoms with Crippen molar-refractivity contribution < 1.29 is 19.4 Å². The number of carbonyl (C=O) groups excluding carboxylic acids is 1. The van der Waals surface area contributed by atoms with Crippen LogP contribution in [0.2, 0.25) is 5.02 Å². The molecule has 148 valence electrons. The van der Waals surface area contributed by atoms with Gasteiger partial charge in [0.05, 0.1) is 12.0 Å². The van der Waals surface area contributed by atoms with Gasteiger partial charge in [-0.1, -0.05) is 30.7 Å². The highest BCUT2D eigenvalue weighted by atomic mass is 35.5. The topological polar surface area (TPSA) is 66.8 Å². The molecule has 2 unspecified atom stereocenters. The molecule has 2 saturated heterocycles. The first-order valence-corrected chi connectivity index (χ1v) is 10.2. The van der Waals surface area contributed by atoms with Crippen molar-refractivity contribution in [3.63, 3.8) is 0 Å². The van der Waals surface area contributed by atoms with Crippen LogP contribution in [0.1, 0.15) is 38.2 Å². The number of amides is 1. The molecule has 5 nitrogen and oxygen atoms in total. The summed E-state index contributed by atoms with van der Waals surface area (Å²) in [4.78, 5) is 25.9. The zero-order chi connectivity index (χ0) is 19.4. The second-order valence-electron chi connectivity index (χ2n) is 7.93. The summed E-state index contributed by atoms with van der Waals surface area (Å²) in [5.41, 5.74) is 1.19. The summed E-state index contributed by atoms with van der Waals surface area (Å²) in [6.07, 6.45) is 3.45. The van der Waals surface area contributed by atoms with Crippen molar-refractivity contribution >= 4 is 23.5 Å². The molecule has 0 bridgehead atoms. The average molecular weight is 394 g/mol. The van der Waals surface area contributed by atoms with Crippen molar-refractivity contribution in [3.8, 4) is 0 Å². The summed E-state index contributed by atoms with van der Waals surface area (Å²) in [5, 5.41) is 10.1. The molecule has 1 aromatic carbocycles. The summed E-state index contributed by atoms with van der Waals surface area (Å²) in [6, 6.07) is 7.78. The summed E-state index contributed by atoms with van der Waals surface area (Å²) in [5.74, 6) is -0.448. The van der Waals surface area contributed by atoms with E-state index in [0.717, 1.165) is 24.3 Å². The van der Waals surface area contributed by atoms with E-state index in [1.165, 1.54) is 5.56 Å². The Kier molecular flexibility index (Phi) is 6.77. The van der Waals surface area contributed by atoms with Crippen molar-refractivity contribution in [2.24, 2.45) is 17.8 Å². The van der Waals surface area contributed by atoms with Crippen molar-refractivity contribution in [1.82, 2.24) is 4.90 Å². The maximum Gasteiger partial charge on any atom is 0.309 e. The van der Waals surface area contributed by atoms with Gasteiger partial charge in [-0.2, -0.15) is 0 Å². The Hall–Kier alpha value is -1.59. The second kappa shape index (κ2) is 9.07. The third-order valence-corrected chi connectivity index (χ3v) is 6.08. The van der Waals surface area contributed by atoms with Gasteiger partial charge in [-0.3, -0.25) is 9.59 Å². The molecule has 3 rings (SSSR count). The number of nitrogens with zero attached hydrogens (tertiary/aromatic N) is 1. The number of carboxylic acids is 1. The van der Waals surface area contributed by atoms with E-state index in [4.69, 9.17) is 16.3 Å². The van der Waals surface area contributed by atoms with E-state index < -0.39 is 11.9 Å². The van der Waals surface area contributed by atoms with Crippen molar-refractivity contribution in [2.75, 3.05) is 19.7 Å². The number of benzene rings is 1. The minimum atomic E-state index is -0.757. The Balaban J connectivity index is 1.45. The third-order valence-electron chi connectivity index (χ3n) is 5.83. The Morgan fingerprint density at radius 2 is 1.89 bits per heavy atom. The highest BCUT2D eigenvalue weighted by Crippen LogP contribution is 2.33. The molecule has 0 radical (unpaired) electrons. The van der Waals surface area contributed by atoms with Gasteiger partial charge in [0.1, 0.15) is 0 Å². The molecule has 1 amide bonds. The number of aliphatic carboxylic acids is 1. The number of hydrogen-bond acceptors (Lipinski definition) is 3. The summed E-state index contributed by atoms with van der Waals surface area (Å²) >= 11 is 5.92. The predicted octanol–water partition coefficient (Wildman–Crippen LogP) is 3.64. The molecule has 1 N–H and O–H groups in total. The minimum Gasteiger partial charge on any atom is -0.481 e. The molecule has 27 heavy (non-hydrogen) atoms. The fraction of sp³-hybridized carbons (Fsp3) is 0.619. The second-order valence-corrected chi connectivity index (χ2v) is 8.36. The van der Waals surface area contributed by atoms with Crippen molar-refractivity contribution in [1.29, 1.82) is 0 Å². The van der Waals surface area contributed by atoms with Gasteiger partial charge in [-0.15, -0.1) is 0 Å². The van der Waals surface area contributed by atoms with Crippen LogP contribution in [-0.4, -0.2) is 47.7 Å². The molecule has 3 atom stereocenters. The van der Waals surface area contributed by atoms with Crippen LogP contribution in [0.15, 0.2) is 24.3 Å². The van der Waals surface area contributed by atoms with Gasteiger partial charge >= 0.3 is 5.97 Å². The largest absolute Gasteiger partial charge is 0.481 e. The molecule has 0 aliphatic carbocycles. The van der Waals surface area contributed by atoms with Gasteiger partial charge in [-0.05, 0) is 55.2 Å². The molecular weight excluding hydrogens is 366 g/mol. The molecule has 6 heteroatoms. The molecular formula is C21H28ClNO4. The highest BCUT2D eigenvalue weighted by Gasteiger charge is 2.40. The van der Waals surface area contributed by atoms with Crippen LogP contribution in [0.25, 0.3) is 0 Å². The van der Waals surface area contributed by atoms with Gasteiger partial charge in [0, 0.05) is 31.1 Å². The summed E-state index contributed by atoms with van der Waals surface area (Å²) in [7, 11) is 0. The lowest BCUT2D eigenvalue weighted by atomic mass is 9.84. The average Bonchev–Trinajstić information content (AvgIpc) is 3.14. The SMILES string of the molecule is CC(CC(=O)N1CCC([C@@H]2OCCC2C(=O)O)CC1)Cc1ccc(Cl)cc1. The van der Waals surface area contributed by atoms with Gasteiger partial charge < -0.3 is 14.7 Å². The Morgan fingerprint density at radius 3 is 2.52 bits per heavy atom. The molecule has 0 spiro atoms. The maximum atomic E-state index is 12.6. The number of carbonyl (C=O) groups is 2. The number of rotatable bonds is 6. The molecule has 2 heterocycles. The van der Waals surface area contributed by atoms with E-state index in [2.05, 4.69) is 6.92 Å². The van der Waals surface area contributed by atoms with Crippen LogP contribution < -0.4 is 0 Å². The summed E-state index contributed by atoms with van der Waals surface area (Å²) in [6.45, 7) is 4.03. The molecule has 2 fully saturated rings. The normalized spacial score (nSPS) is 24.7. The number of piperidine rings is 1. The quantitative estimate of drug-likeness (QED) is 0.801. The predicted molar refractivity (Wildman–Crippen MR) is 104 cm³/mol. The first-order valence-electron chi connectivity index (χ1n) is 9.80. The van der Waals surface area contributed by atoms with Crippen LogP contribution in [0, 0.1) is 17.8 Å². The minimum absolute atomic E-state index is 0.191. The standard InChI is InChI=1S/C21H28ClNO4/c1-14(12-15-2-4-17(22)5-3-15)13-19(24)23-9-6-16(7-10-23)20-18(21(25)26)8-11-27-20/h2-5,14,16,18,20H,6-13H2,1H3,(H,25,26)/t14?,18?,20-/m0/s1. The molecule has 0 aromatic heterocycles. The van der Waals surface area contributed by atoms with Gasteiger partial charge in [0.2, 0.25) is 5.91 Å². The zero-order valence-electron chi connectivity index (χ0n) is 15.8. The lowest BCUT2D eigenvalue weighted by Gasteiger charge is -2.36. The Bertz CT molecular complexity index is 655. The monoisotopic (exact) mass is 393 g/mol. The first-order chi connectivity index (χ1) is 12.9. The highest BCUT2D eigenvalue weighted by molar-refractivity contribution is 6.30. The Labute approximate surface area is 165 Å². The lowest BCUT2D eigenvalue weighted by molar-refractivity contribution is -0.146. The first kappa shape index (κ1) is 20.2. The van der Waals surface area contributed by atoms with Crippen LogP contribution in [0.4, 0.5) is 0 Å². The van der Waals surface area contributed by atoms with Crippen LogP contribution in [0.5, 0.6) is 0 Å². The zero-order valence-corrected chi connectivity index (χ0v) is 16.5. The van der Waals surface area contributed by atoms with E-state index in [0.29, 0.717) is 32.5 Å². The van der Waals surface area contributed by atoms with E-state index in [-0.39, 0.29) is 23.8 Å². The maximum absolute atomic E-state index is 12.6. The van der Waals surface area contributed by atoms with Crippen molar-refractivity contribution in [3.05, 3.63) is 34.9 Å². The van der Waals surface area contributed by atoms with Gasteiger partial charge in [-0.25, -0.2) is 0 Å². The number of likely N-dealkylation sites (tertiary alicyclic amines) is 1. The van der Waals surface area contributed by atoms with E-state index in [9.17, 15) is 14.7 Å². The van der Waals surface area contributed by atoms with E-state index >= 15 is 0 Å². The van der Waals surface area contributed by atoms with Crippen molar-refractivity contribution in [2.45, 2.75) is 45.1 Å². The van der Waals surface area contributed by atoms with Crippen LogP contribution >= 0.6 is 11.6 Å². The van der Waals surface area contributed by atoms with Crippen LogP contribution in [0.3, 0.4) is 0 Å². The fourth-order valence-corrected chi connectivity index (χ4v) is 4.47. The number of ether oxygens (including phenoxy) is 1. The molecule has 2 aliphatic heterocycles. The molecule has 2 aliphatic rings. The number of hydrogen-bond donors (Lipinski definition) is 1. The summed E-state index contributed by atoms with van der Waals surface area (Å²) < 4.78 is 5.71. The van der Waals surface area contributed by atoms with E-state index in [1.54, 1.807) is 0 Å². The fourth-order valence-electron chi connectivity index (χ4n) is 4.34. The van der Waals surface area contributed by atoms with Crippen LogP contribution in [-0.2, 0) is 20.7 Å². The molecule has 1 aromatic rings. The van der Waals surface area contributed by atoms with Gasteiger partial charge in [0.15, 0.2) is 0 Å². The third kappa shape index (κ3) is 5.23. The smallest absolute Gasteiger partial charge is 0.309 e. The number of halogens is 1. The molecule has 0 saturated carbocycles. The Morgan fingerprint density at radius 1 is 1.22 bits per heavy atom. The lowest BCUT2D eigenvalue weighted by Crippen LogP contribution is -2.43. The van der Waals surface area contributed by atoms with E-state index in [1.807, 2.05) is 29.2 Å².